The van der Waals surface area contributed by atoms with E-state index in [1.807, 2.05) is 45.0 Å². The summed E-state index contributed by atoms with van der Waals surface area (Å²) < 4.78 is 6.45. The van der Waals surface area contributed by atoms with Crippen molar-refractivity contribution in [1.82, 2.24) is 5.32 Å². The van der Waals surface area contributed by atoms with Gasteiger partial charge < -0.3 is 10.1 Å². The number of benzene rings is 1. The smallest absolute Gasteiger partial charge is 0.252 e. The third-order valence-corrected chi connectivity index (χ3v) is 2.98. The average molecular weight is 298 g/mol. The Kier molecular flexibility index (Phi) is 3.27. The van der Waals surface area contributed by atoms with Crippen molar-refractivity contribution in [3.8, 4) is 0 Å². The van der Waals surface area contributed by atoms with E-state index in [0.717, 1.165) is 10.0 Å². The average Bonchev–Trinajstić information content (AvgIpc) is 2.96. The van der Waals surface area contributed by atoms with E-state index in [1.165, 1.54) is 0 Å². The van der Waals surface area contributed by atoms with Gasteiger partial charge >= 0.3 is 0 Å². The maximum Gasteiger partial charge on any atom is 0.252 e. The van der Waals surface area contributed by atoms with Crippen molar-refractivity contribution in [3.63, 3.8) is 0 Å². The van der Waals surface area contributed by atoms with Gasteiger partial charge in [-0.25, -0.2) is 0 Å². The van der Waals surface area contributed by atoms with Gasteiger partial charge in [-0.05, 0) is 38.5 Å². The lowest BCUT2D eigenvalue weighted by atomic mass is 10.1. The van der Waals surface area contributed by atoms with Crippen LogP contribution in [0.5, 0.6) is 0 Å². The Balaban J connectivity index is 1.96. The number of hydrogen-bond donors (Lipinski definition) is 1. The molecule has 1 heterocycles. The molecule has 0 spiro atoms. The van der Waals surface area contributed by atoms with Gasteiger partial charge in [0, 0.05) is 10.0 Å². The molecule has 1 saturated heterocycles. The number of nitrogens with one attached hydrogen (secondary N) is 1. The number of epoxide rings is 1. The molecule has 1 fully saturated rings. The lowest BCUT2D eigenvalue weighted by molar-refractivity contribution is -0.123. The molecule has 4 heteroatoms. The highest BCUT2D eigenvalue weighted by Gasteiger charge is 2.46. The van der Waals surface area contributed by atoms with Crippen LogP contribution in [0, 0.1) is 0 Å². The third-order valence-electron chi connectivity index (χ3n) is 2.45. The summed E-state index contributed by atoms with van der Waals surface area (Å²) in [5.74, 6) is -0.0366. The zero-order chi connectivity index (χ0) is 12.6. The number of rotatable bonds is 2. The van der Waals surface area contributed by atoms with Crippen molar-refractivity contribution < 1.29 is 9.53 Å². The van der Waals surface area contributed by atoms with Crippen LogP contribution in [0.4, 0.5) is 0 Å². The minimum atomic E-state index is -0.338. The van der Waals surface area contributed by atoms with Crippen LogP contribution in [0.1, 0.15) is 32.4 Å². The summed E-state index contributed by atoms with van der Waals surface area (Å²) in [6, 6.07) is 7.85. The normalized spacial score (nSPS) is 23.3. The van der Waals surface area contributed by atoms with Crippen LogP contribution in [-0.2, 0) is 9.53 Å². The van der Waals surface area contributed by atoms with Crippen molar-refractivity contribution in [2.75, 3.05) is 0 Å². The highest BCUT2D eigenvalue weighted by atomic mass is 79.9. The Morgan fingerprint density at radius 1 is 1.29 bits per heavy atom. The van der Waals surface area contributed by atoms with Crippen LogP contribution in [0.15, 0.2) is 28.7 Å². The molecule has 1 aliphatic heterocycles. The first kappa shape index (κ1) is 12.6. The minimum absolute atomic E-state index is 0.0366. The van der Waals surface area contributed by atoms with Crippen molar-refractivity contribution in [3.05, 3.63) is 34.3 Å². The van der Waals surface area contributed by atoms with E-state index in [9.17, 15) is 4.79 Å². The van der Waals surface area contributed by atoms with E-state index in [-0.39, 0.29) is 23.7 Å². The molecule has 17 heavy (non-hydrogen) atoms. The third kappa shape index (κ3) is 3.30. The molecular formula is C13H16BrNO2. The van der Waals surface area contributed by atoms with Crippen molar-refractivity contribution in [2.45, 2.75) is 38.5 Å². The van der Waals surface area contributed by atoms with E-state index < -0.39 is 0 Å². The number of hydrogen-bond acceptors (Lipinski definition) is 2. The van der Waals surface area contributed by atoms with Gasteiger partial charge in [-0.3, -0.25) is 4.79 Å². The van der Waals surface area contributed by atoms with Crippen LogP contribution in [-0.4, -0.2) is 17.6 Å². The molecule has 0 aliphatic carbocycles. The maximum atomic E-state index is 11.8. The molecule has 0 saturated carbocycles. The van der Waals surface area contributed by atoms with Gasteiger partial charge in [0.25, 0.3) is 5.91 Å². The number of halogens is 1. The Bertz CT molecular complexity index is 422. The monoisotopic (exact) mass is 297 g/mol. The summed E-state index contributed by atoms with van der Waals surface area (Å²) in [4.78, 5) is 11.8. The second kappa shape index (κ2) is 4.42. The molecule has 0 bridgehead atoms. The number of amides is 1. The van der Waals surface area contributed by atoms with Crippen LogP contribution < -0.4 is 5.32 Å². The fourth-order valence-corrected chi connectivity index (χ4v) is 1.92. The first-order valence-electron chi connectivity index (χ1n) is 5.60. The molecule has 2 unspecified atom stereocenters. The number of carbonyl (C=O) groups excluding carboxylic acids is 1. The van der Waals surface area contributed by atoms with E-state index >= 15 is 0 Å². The second-order valence-electron chi connectivity index (χ2n) is 5.27. The van der Waals surface area contributed by atoms with Gasteiger partial charge in [-0.1, -0.05) is 28.1 Å². The summed E-state index contributed by atoms with van der Waals surface area (Å²) in [6.07, 6.45) is -0.430. The van der Waals surface area contributed by atoms with Gasteiger partial charge in [0.1, 0.15) is 6.10 Å². The molecule has 2 atom stereocenters. The zero-order valence-corrected chi connectivity index (χ0v) is 11.7. The lowest BCUT2D eigenvalue weighted by Gasteiger charge is -2.19. The van der Waals surface area contributed by atoms with Crippen LogP contribution in [0.25, 0.3) is 0 Å². The number of ether oxygens (including phenoxy) is 1. The van der Waals surface area contributed by atoms with Gasteiger partial charge in [0.2, 0.25) is 0 Å². The van der Waals surface area contributed by atoms with Crippen LogP contribution in [0.2, 0.25) is 0 Å². The van der Waals surface area contributed by atoms with E-state index in [4.69, 9.17) is 4.74 Å². The largest absolute Gasteiger partial charge is 0.354 e. The topological polar surface area (TPSA) is 41.6 Å². The predicted molar refractivity (Wildman–Crippen MR) is 69.7 cm³/mol. The first-order chi connectivity index (χ1) is 7.87. The molecule has 2 rings (SSSR count). The molecule has 1 N–H and O–H groups in total. The predicted octanol–water partition coefficient (Wildman–Crippen LogP) is 2.80. The molecule has 92 valence electrons. The van der Waals surface area contributed by atoms with E-state index in [2.05, 4.69) is 21.2 Å². The van der Waals surface area contributed by atoms with Crippen LogP contribution >= 0.6 is 15.9 Å². The van der Waals surface area contributed by atoms with Crippen molar-refractivity contribution in [2.24, 2.45) is 0 Å². The Labute approximate surface area is 110 Å². The van der Waals surface area contributed by atoms with Gasteiger partial charge in [-0.2, -0.15) is 0 Å². The lowest BCUT2D eigenvalue weighted by Crippen LogP contribution is -2.43. The summed E-state index contributed by atoms with van der Waals surface area (Å²) in [7, 11) is 0. The maximum absolute atomic E-state index is 11.8. The summed E-state index contributed by atoms with van der Waals surface area (Å²) in [6.45, 7) is 5.88. The molecule has 1 amide bonds. The second-order valence-corrected chi connectivity index (χ2v) is 6.18. The Morgan fingerprint density at radius 3 is 2.41 bits per heavy atom. The molecular weight excluding hydrogens is 282 g/mol. The molecule has 3 nitrogen and oxygen atoms in total. The molecule has 1 aromatic rings. The summed E-state index contributed by atoms with van der Waals surface area (Å²) >= 11 is 3.38. The standard InChI is InChI=1S/C13H16BrNO2/c1-13(2,3)15-12(16)11-10(17-11)8-4-6-9(14)7-5-8/h4-7,10-11H,1-3H3,(H,15,16). The Morgan fingerprint density at radius 2 is 1.88 bits per heavy atom. The van der Waals surface area contributed by atoms with Gasteiger partial charge in [-0.15, -0.1) is 0 Å². The molecule has 0 radical (unpaired) electrons. The number of carbonyl (C=O) groups is 1. The quantitative estimate of drug-likeness (QED) is 0.853. The van der Waals surface area contributed by atoms with E-state index in [0.29, 0.717) is 0 Å². The molecule has 1 aliphatic rings. The minimum Gasteiger partial charge on any atom is -0.354 e. The molecule has 1 aromatic carbocycles. The summed E-state index contributed by atoms with van der Waals surface area (Å²) in [5.41, 5.74) is 0.829. The van der Waals surface area contributed by atoms with Crippen LogP contribution in [0.3, 0.4) is 0 Å². The Hall–Kier alpha value is -0.870. The summed E-state index contributed by atoms with van der Waals surface area (Å²) in [5, 5.41) is 2.92. The van der Waals surface area contributed by atoms with Gasteiger partial charge in [0.05, 0.1) is 0 Å². The molecule has 0 aromatic heterocycles. The SMILES string of the molecule is CC(C)(C)NC(=O)C1OC1c1ccc(Br)cc1. The first-order valence-corrected chi connectivity index (χ1v) is 6.39. The van der Waals surface area contributed by atoms with Gasteiger partial charge in [0.15, 0.2) is 6.10 Å². The van der Waals surface area contributed by atoms with E-state index in [1.54, 1.807) is 0 Å². The highest BCUT2D eigenvalue weighted by Crippen LogP contribution is 2.39. The fourth-order valence-electron chi connectivity index (χ4n) is 1.66. The fraction of sp³-hybridized carbons (Fsp3) is 0.462. The zero-order valence-electron chi connectivity index (χ0n) is 10.2. The van der Waals surface area contributed by atoms with Crippen molar-refractivity contribution in [1.29, 1.82) is 0 Å². The highest BCUT2D eigenvalue weighted by molar-refractivity contribution is 9.10. The van der Waals surface area contributed by atoms with Crippen molar-refractivity contribution >= 4 is 21.8 Å².